The summed E-state index contributed by atoms with van der Waals surface area (Å²) in [6, 6.07) is 7.70. The van der Waals surface area contributed by atoms with Crippen LogP contribution in [-0.2, 0) is 19.4 Å². The first-order valence-electron chi connectivity index (χ1n) is 9.04. The number of aromatic nitrogens is 1. The van der Waals surface area contributed by atoms with Crippen molar-refractivity contribution in [3.8, 4) is 11.5 Å². The third-order valence-electron chi connectivity index (χ3n) is 4.33. The number of ether oxygens (including phenoxy) is 2. The second-order valence-corrected chi connectivity index (χ2v) is 6.04. The molecule has 0 saturated carbocycles. The SMILES string of the molecule is CCc1noc(CC)c1CNC(=NC)NCC1COc2ccccc2O1. The summed E-state index contributed by atoms with van der Waals surface area (Å²) < 4.78 is 17.1. The van der Waals surface area contributed by atoms with Gasteiger partial charge >= 0.3 is 0 Å². The van der Waals surface area contributed by atoms with Gasteiger partial charge in [0.15, 0.2) is 17.5 Å². The third kappa shape index (κ3) is 4.09. The molecule has 0 saturated heterocycles. The summed E-state index contributed by atoms with van der Waals surface area (Å²) in [6.07, 6.45) is 1.60. The van der Waals surface area contributed by atoms with Gasteiger partial charge in [-0.25, -0.2) is 0 Å². The number of para-hydroxylation sites is 2. The van der Waals surface area contributed by atoms with Crippen LogP contribution in [0.1, 0.15) is 30.9 Å². The summed E-state index contributed by atoms with van der Waals surface area (Å²) in [5.74, 6) is 3.19. The molecular formula is C19H26N4O3. The molecule has 0 amide bonds. The molecule has 140 valence electrons. The van der Waals surface area contributed by atoms with E-state index < -0.39 is 0 Å². The highest BCUT2D eigenvalue weighted by Gasteiger charge is 2.21. The fourth-order valence-corrected chi connectivity index (χ4v) is 2.90. The maximum Gasteiger partial charge on any atom is 0.191 e. The highest BCUT2D eigenvalue weighted by molar-refractivity contribution is 5.79. The minimum Gasteiger partial charge on any atom is -0.486 e. The maximum absolute atomic E-state index is 5.95. The topological polar surface area (TPSA) is 80.9 Å². The fourth-order valence-electron chi connectivity index (χ4n) is 2.90. The van der Waals surface area contributed by atoms with Crippen LogP contribution >= 0.6 is 0 Å². The van der Waals surface area contributed by atoms with Gasteiger partial charge in [0.1, 0.15) is 18.5 Å². The van der Waals surface area contributed by atoms with Crippen molar-refractivity contribution in [3.05, 3.63) is 41.3 Å². The van der Waals surface area contributed by atoms with Crippen LogP contribution in [0.25, 0.3) is 0 Å². The Hall–Kier alpha value is -2.70. The third-order valence-corrected chi connectivity index (χ3v) is 4.33. The van der Waals surface area contributed by atoms with Crippen LogP contribution in [0, 0.1) is 0 Å². The van der Waals surface area contributed by atoms with Gasteiger partial charge in [0.05, 0.1) is 12.2 Å². The molecule has 2 heterocycles. The molecule has 7 nitrogen and oxygen atoms in total. The zero-order valence-corrected chi connectivity index (χ0v) is 15.5. The van der Waals surface area contributed by atoms with E-state index in [1.165, 1.54) is 0 Å². The fraction of sp³-hybridized carbons (Fsp3) is 0.474. The van der Waals surface area contributed by atoms with E-state index in [-0.39, 0.29) is 6.10 Å². The largest absolute Gasteiger partial charge is 0.486 e. The van der Waals surface area contributed by atoms with Crippen molar-refractivity contribution in [2.75, 3.05) is 20.2 Å². The van der Waals surface area contributed by atoms with Gasteiger partial charge in [-0.3, -0.25) is 4.99 Å². The predicted octanol–water partition coefficient (Wildman–Crippen LogP) is 2.30. The standard InChI is InChI=1S/C19H26N4O3/c1-4-15-14(16(5-2)26-23-15)11-22-19(20-3)21-10-13-12-24-17-8-6-7-9-18(17)25-13/h6-9,13H,4-5,10-12H2,1-3H3,(H2,20,21,22). The molecule has 0 bridgehead atoms. The normalized spacial score (nSPS) is 16.4. The second-order valence-electron chi connectivity index (χ2n) is 6.04. The highest BCUT2D eigenvalue weighted by atomic mass is 16.6. The number of nitrogens with one attached hydrogen (secondary N) is 2. The Bertz CT molecular complexity index is 735. The lowest BCUT2D eigenvalue weighted by atomic mass is 10.1. The van der Waals surface area contributed by atoms with E-state index in [9.17, 15) is 0 Å². The summed E-state index contributed by atoms with van der Waals surface area (Å²) in [6.45, 7) is 5.87. The molecule has 3 rings (SSSR count). The van der Waals surface area contributed by atoms with Crippen molar-refractivity contribution in [1.82, 2.24) is 15.8 Å². The molecule has 1 aliphatic rings. The predicted molar refractivity (Wildman–Crippen MR) is 99.8 cm³/mol. The number of aryl methyl sites for hydroxylation is 2. The van der Waals surface area contributed by atoms with Crippen LogP contribution in [-0.4, -0.2) is 37.4 Å². The second kappa shape index (κ2) is 8.60. The van der Waals surface area contributed by atoms with Gasteiger partial charge in [-0.1, -0.05) is 31.1 Å². The van der Waals surface area contributed by atoms with Crippen LogP contribution < -0.4 is 20.1 Å². The minimum atomic E-state index is -0.0727. The van der Waals surface area contributed by atoms with E-state index in [2.05, 4.69) is 34.6 Å². The van der Waals surface area contributed by atoms with Crippen LogP contribution in [0.2, 0.25) is 0 Å². The Labute approximate surface area is 153 Å². The number of guanidine groups is 1. The molecule has 1 aliphatic heterocycles. The summed E-state index contributed by atoms with van der Waals surface area (Å²) in [4.78, 5) is 4.27. The summed E-state index contributed by atoms with van der Waals surface area (Å²) in [5, 5.41) is 10.8. The van der Waals surface area contributed by atoms with E-state index in [0.29, 0.717) is 25.7 Å². The van der Waals surface area contributed by atoms with Crippen LogP contribution in [0.3, 0.4) is 0 Å². The number of nitrogens with zero attached hydrogens (tertiary/aromatic N) is 2. The van der Waals surface area contributed by atoms with Gasteiger partial charge in [-0.15, -0.1) is 0 Å². The average Bonchev–Trinajstić information content (AvgIpc) is 3.10. The number of hydrogen-bond donors (Lipinski definition) is 2. The van der Waals surface area contributed by atoms with Crippen LogP contribution in [0.4, 0.5) is 0 Å². The molecule has 1 atom stereocenters. The van der Waals surface area contributed by atoms with Gasteiger partial charge in [-0.2, -0.15) is 0 Å². The molecule has 0 aliphatic carbocycles. The smallest absolute Gasteiger partial charge is 0.191 e. The van der Waals surface area contributed by atoms with Crippen LogP contribution in [0.15, 0.2) is 33.8 Å². The molecule has 1 aromatic carbocycles. The molecule has 2 N–H and O–H groups in total. The zero-order valence-electron chi connectivity index (χ0n) is 15.5. The van der Waals surface area contributed by atoms with Gasteiger partial charge in [0.25, 0.3) is 0 Å². The van der Waals surface area contributed by atoms with Crippen molar-refractivity contribution < 1.29 is 14.0 Å². The van der Waals surface area contributed by atoms with Crippen molar-refractivity contribution in [1.29, 1.82) is 0 Å². The van der Waals surface area contributed by atoms with Crippen molar-refractivity contribution >= 4 is 5.96 Å². The average molecular weight is 358 g/mol. The van der Waals surface area contributed by atoms with E-state index in [1.807, 2.05) is 24.3 Å². The van der Waals surface area contributed by atoms with E-state index in [0.717, 1.165) is 41.4 Å². The molecule has 0 radical (unpaired) electrons. The molecular weight excluding hydrogens is 332 g/mol. The van der Waals surface area contributed by atoms with Crippen molar-refractivity contribution in [2.45, 2.75) is 39.3 Å². The van der Waals surface area contributed by atoms with E-state index >= 15 is 0 Å². The molecule has 1 aromatic heterocycles. The molecule has 26 heavy (non-hydrogen) atoms. The Morgan fingerprint density at radius 2 is 2.00 bits per heavy atom. The first-order valence-corrected chi connectivity index (χ1v) is 9.04. The Balaban J connectivity index is 1.52. The lowest BCUT2D eigenvalue weighted by molar-refractivity contribution is 0.0936. The first kappa shape index (κ1) is 18.1. The lowest BCUT2D eigenvalue weighted by Crippen LogP contribution is -2.45. The monoisotopic (exact) mass is 358 g/mol. The Kier molecular flexibility index (Phi) is 5.99. The molecule has 2 aromatic rings. The van der Waals surface area contributed by atoms with Crippen molar-refractivity contribution in [2.24, 2.45) is 4.99 Å². The Morgan fingerprint density at radius 1 is 1.19 bits per heavy atom. The molecule has 7 heteroatoms. The molecule has 1 unspecified atom stereocenters. The summed E-state index contributed by atoms with van der Waals surface area (Å²) in [5.41, 5.74) is 2.11. The van der Waals surface area contributed by atoms with Gasteiger partial charge in [-0.05, 0) is 18.6 Å². The number of benzene rings is 1. The number of aliphatic imine (C=N–C) groups is 1. The van der Waals surface area contributed by atoms with E-state index in [1.54, 1.807) is 7.05 Å². The zero-order chi connectivity index (χ0) is 18.4. The van der Waals surface area contributed by atoms with Crippen LogP contribution in [0.5, 0.6) is 11.5 Å². The summed E-state index contributed by atoms with van der Waals surface area (Å²) in [7, 11) is 1.75. The Morgan fingerprint density at radius 3 is 2.73 bits per heavy atom. The van der Waals surface area contributed by atoms with Crippen molar-refractivity contribution in [3.63, 3.8) is 0 Å². The van der Waals surface area contributed by atoms with Gasteiger partial charge in [0.2, 0.25) is 0 Å². The first-order chi connectivity index (χ1) is 12.7. The number of fused-ring (bicyclic) bond motifs is 1. The maximum atomic E-state index is 5.95. The molecule has 0 spiro atoms. The summed E-state index contributed by atoms with van der Waals surface area (Å²) >= 11 is 0. The lowest BCUT2D eigenvalue weighted by Gasteiger charge is -2.27. The molecule has 0 fully saturated rings. The minimum absolute atomic E-state index is 0.0727. The quantitative estimate of drug-likeness (QED) is 0.609. The van der Waals surface area contributed by atoms with E-state index in [4.69, 9.17) is 14.0 Å². The number of rotatable bonds is 6. The number of hydrogen-bond acceptors (Lipinski definition) is 5. The van der Waals surface area contributed by atoms with Gasteiger partial charge in [0, 0.05) is 25.6 Å². The van der Waals surface area contributed by atoms with Gasteiger partial charge < -0.3 is 24.6 Å². The highest BCUT2D eigenvalue weighted by Crippen LogP contribution is 2.30.